The van der Waals surface area contributed by atoms with Gasteiger partial charge in [-0.2, -0.15) is 0 Å². The molecule has 1 aromatic carbocycles. The van der Waals surface area contributed by atoms with Crippen molar-refractivity contribution in [1.82, 2.24) is 0 Å². The average molecular weight is 137 g/mol. The fourth-order valence-electron chi connectivity index (χ4n) is 0.595. The van der Waals surface area contributed by atoms with Gasteiger partial charge in [0.25, 0.3) is 0 Å². The van der Waals surface area contributed by atoms with Gasteiger partial charge in [-0.25, -0.2) is 0 Å². The highest BCUT2D eigenvalue weighted by atomic mass is 16.3. The van der Waals surface area contributed by atoms with Crippen LogP contribution in [-0.2, 0) is 0 Å². The summed E-state index contributed by atoms with van der Waals surface area (Å²) in [6, 6.07) is 5.75. The summed E-state index contributed by atoms with van der Waals surface area (Å²) < 4.78 is 0. The molecule has 0 fully saturated rings. The molecule has 3 heteroatoms. The van der Waals surface area contributed by atoms with Crippen molar-refractivity contribution in [2.75, 3.05) is 5.73 Å². The van der Waals surface area contributed by atoms with Gasteiger partial charge in [0.05, 0.1) is 0 Å². The topological polar surface area (TPSA) is 63.3 Å². The molecule has 0 bridgehead atoms. The summed E-state index contributed by atoms with van der Waals surface area (Å²) in [6.07, 6.45) is 0. The third-order valence-corrected chi connectivity index (χ3v) is 1.15. The van der Waals surface area contributed by atoms with Gasteiger partial charge in [-0.1, -0.05) is 12.1 Å². The fraction of sp³-hybridized carbons (Fsp3) is 0. The summed E-state index contributed by atoms with van der Waals surface area (Å²) in [5, 5.41) is 8.94. The summed E-state index contributed by atoms with van der Waals surface area (Å²) in [7, 11) is 0. The molecule has 0 aliphatic carbocycles. The molecule has 1 aromatic rings. The van der Waals surface area contributed by atoms with Gasteiger partial charge in [-0.3, -0.25) is 4.79 Å². The quantitative estimate of drug-likeness (QED) is 0.541. The van der Waals surface area contributed by atoms with Crippen LogP contribution in [0.1, 0.15) is 0 Å². The van der Waals surface area contributed by atoms with E-state index in [-0.39, 0.29) is 16.9 Å². The van der Waals surface area contributed by atoms with E-state index in [1.54, 1.807) is 6.07 Å². The molecule has 52 valence electrons. The maximum atomic E-state index is 10.8. The van der Waals surface area contributed by atoms with Crippen LogP contribution in [0.25, 0.3) is 0 Å². The summed E-state index contributed by atoms with van der Waals surface area (Å²) in [5.41, 5.74) is 4.73. The highest BCUT2D eigenvalue weighted by Crippen LogP contribution is 2.10. The Morgan fingerprint density at radius 2 is 1.90 bits per heavy atom. The third-order valence-electron chi connectivity index (χ3n) is 1.15. The van der Waals surface area contributed by atoms with Crippen molar-refractivity contribution in [2.24, 2.45) is 0 Å². The lowest BCUT2D eigenvalue weighted by atomic mass is 10.4. The number of hydrogen-bond donors (Lipinski definition) is 2. The van der Waals surface area contributed by atoms with E-state index in [4.69, 9.17) is 10.8 Å². The summed E-state index contributed by atoms with van der Waals surface area (Å²) in [5.74, 6) is -0.171. The maximum absolute atomic E-state index is 10.8. The maximum Gasteiger partial charge on any atom is 0.205 e. The predicted octanol–water partition coefficient (Wildman–Crippen LogP) is 0.335. The standard InChI is InChI=1S/C7H7NO2/c8-7-5(9)3-1-2-4-6(7)10/h1-4H,(H3,8,9,10). The number of hydrogen-bond acceptors (Lipinski definition) is 3. The molecular weight excluding hydrogens is 130 g/mol. The average Bonchev–Trinajstić information content (AvgIpc) is 2.04. The van der Waals surface area contributed by atoms with Gasteiger partial charge >= 0.3 is 0 Å². The number of anilines is 1. The van der Waals surface area contributed by atoms with Gasteiger partial charge < -0.3 is 10.8 Å². The number of aromatic hydroxyl groups is 1. The molecule has 0 heterocycles. The molecule has 3 N–H and O–H groups in total. The van der Waals surface area contributed by atoms with E-state index in [1.165, 1.54) is 18.2 Å². The Morgan fingerprint density at radius 3 is 2.60 bits per heavy atom. The summed E-state index contributed by atoms with van der Waals surface area (Å²) in [6.45, 7) is 0. The highest BCUT2D eigenvalue weighted by Gasteiger charge is 1.94. The van der Waals surface area contributed by atoms with Crippen molar-refractivity contribution in [3.8, 4) is 5.75 Å². The first-order valence-electron chi connectivity index (χ1n) is 2.79. The van der Waals surface area contributed by atoms with Gasteiger partial charge in [0, 0.05) is 0 Å². The minimum Gasteiger partial charge on any atom is -0.506 e. The lowest BCUT2D eigenvalue weighted by Gasteiger charge is -1.86. The first-order chi connectivity index (χ1) is 4.72. The zero-order valence-corrected chi connectivity index (χ0v) is 5.24. The van der Waals surface area contributed by atoms with Crippen LogP contribution < -0.4 is 11.2 Å². The van der Waals surface area contributed by atoms with Gasteiger partial charge in [0.2, 0.25) is 5.43 Å². The zero-order valence-electron chi connectivity index (χ0n) is 5.24. The molecule has 0 spiro atoms. The van der Waals surface area contributed by atoms with Crippen molar-refractivity contribution < 1.29 is 5.11 Å². The lowest BCUT2D eigenvalue weighted by Crippen LogP contribution is -2.02. The highest BCUT2D eigenvalue weighted by molar-refractivity contribution is 5.49. The second-order valence-electron chi connectivity index (χ2n) is 1.88. The van der Waals surface area contributed by atoms with Crippen LogP contribution in [0.4, 0.5) is 5.69 Å². The number of nitrogens with two attached hydrogens (primary N) is 1. The van der Waals surface area contributed by atoms with Crippen LogP contribution in [0.2, 0.25) is 0 Å². The SMILES string of the molecule is Nc1c(O)ccccc1=O. The van der Waals surface area contributed by atoms with E-state index in [9.17, 15) is 4.79 Å². The summed E-state index contributed by atoms with van der Waals surface area (Å²) >= 11 is 0. The Morgan fingerprint density at radius 1 is 1.30 bits per heavy atom. The van der Waals surface area contributed by atoms with Crippen LogP contribution >= 0.6 is 0 Å². The van der Waals surface area contributed by atoms with Gasteiger partial charge in [0.1, 0.15) is 11.4 Å². The molecule has 0 unspecified atom stereocenters. The van der Waals surface area contributed by atoms with Crippen LogP contribution in [0.5, 0.6) is 5.75 Å². The third kappa shape index (κ3) is 1.07. The Bertz CT molecular complexity index is 296. The second-order valence-corrected chi connectivity index (χ2v) is 1.88. The molecule has 0 atom stereocenters. The van der Waals surface area contributed by atoms with E-state index < -0.39 is 0 Å². The smallest absolute Gasteiger partial charge is 0.205 e. The van der Waals surface area contributed by atoms with Gasteiger partial charge in [0.15, 0.2) is 0 Å². The van der Waals surface area contributed by atoms with E-state index >= 15 is 0 Å². The monoisotopic (exact) mass is 137 g/mol. The normalized spacial score (nSPS) is 9.20. The first kappa shape index (κ1) is 6.61. The van der Waals surface area contributed by atoms with Crippen molar-refractivity contribution >= 4 is 5.69 Å². The number of nitrogen functional groups attached to an aromatic ring is 1. The van der Waals surface area contributed by atoms with E-state index in [0.29, 0.717) is 0 Å². The molecule has 0 radical (unpaired) electrons. The Hall–Kier alpha value is -1.51. The molecule has 0 aromatic heterocycles. The number of rotatable bonds is 0. The minimum absolute atomic E-state index is 0.106. The van der Waals surface area contributed by atoms with Crippen molar-refractivity contribution in [2.45, 2.75) is 0 Å². The molecular formula is C7H7NO2. The fourth-order valence-corrected chi connectivity index (χ4v) is 0.595. The molecule has 0 amide bonds. The Kier molecular flexibility index (Phi) is 1.58. The predicted molar refractivity (Wildman–Crippen MR) is 38.8 cm³/mol. The molecule has 10 heavy (non-hydrogen) atoms. The van der Waals surface area contributed by atoms with Gasteiger partial charge in [-0.15, -0.1) is 0 Å². The second kappa shape index (κ2) is 2.39. The first-order valence-corrected chi connectivity index (χ1v) is 2.79. The Balaban J connectivity index is 3.53. The minimum atomic E-state index is -0.359. The molecule has 1 rings (SSSR count). The summed E-state index contributed by atoms with van der Waals surface area (Å²) in [4.78, 5) is 10.8. The van der Waals surface area contributed by atoms with E-state index in [1.807, 2.05) is 0 Å². The van der Waals surface area contributed by atoms with Crippen molar-refractivity contribution in [1.29, 1.82) is 0 Å². The van der Waals surface area contributed by atoms with Crippen LogP contribution in [0.15, 0.2) is 29.1 Å². The van der Waals surface area contributed by atoms with Crippen LogP contribution in [0, 0.1) is 0 Å². The lowest BCUT2D eigenvalue weighted by molar-refractivity contribution is 0.478. The van der Waals surface area contributed by atoms with Crippen LogP contribution in [0.3, 0.4) is 0 Å². The van der Waals surface area contributed by atoms with Gasteiger partial charge in [-0.05, 0) is 12.1 Å². The zero-order chi connectivity index (χ0) is 7.56. The van der Waals surface area contributed by atoms with E-state index in [2.05, 4.69) is 0 Å². The molecule has 0 aliphatic rings. The van der Waals surface area contributed by atoms with E-state index in [0.717, 1.165) is 0 Å². The Labute approximate surface area is 57.7 Å². The van der Waals surface area contributed by atoms with Crippen LogP contribution in [-0.4, -0.2) is 5.11 Å². The molecule has 0 aliphatic heterocycles. The van der Waals surface area contributed by atoms with Crippen molar-refractivity contribution in [3.05, 3.63) is 34.5 Å². The molecule has 0 saturated carbocycles. The largest absolute Gasteiger partial charge is 0.506 e. The van der Waals surface area contributed by atoms with Crippen molar-refractivity contribution in [3.63, 3.8) is 0 Å². The molecule has 3 nitrogen and oxygen atoms in total. The molecule has 0 saturated heterocycles.